The molecule has 1 saturated carbocycles. The van der Waals surface area contributed by atoms with Crippen molar-refractivity contribution in [2.24, 2.45) is 0 Å². The summed E-state index contributed by atoms with van der Waals surface area (Å²) in [7, 11) is 0. The molecule has 0 radical (unpaired) electrons. The SMILES string of the molecule is CSc1ccc(Cl)c(C(=O)NC2(CBr)CCCCC2)c1. The molecule has 0 heterocycles. The average Bonchev–Trinajstić information content (AvgIpc) is 2.48. The molecular weight excluding hydrogens is 358 g/mol. The summed E-state index contributed by atoms with van der Waals surface area (Å²) in [6.45, 7) is 0. The third-order valence-corrected chi connectivity index (χ3v) is 5.99. The first-order valence-electron chi connectivity index (χ1n) is 6.82. The Hall–Kier alpha value is -0.190. The van der Waals surface area contributed by atoms with E-state index in [1.807, 2.05) is 18.4 Å². The van der Waals surface area contributed by atoms with Gasteiger partial charge in [0.25, 0.3) is 5.91 Å². The zero-order chi connectivity index (χ0) is 14.6. The van der Waals surface area contributed by atoms with Crippen LogP contribution in [0.4, 0.5) is 0 Å². The molecule has 1 aromatic rings. The van der Waals surface area contributed by atoms with Gasteiger partial charge < -0.3 is 5.32 Å². The van der Waals surface area contributed by atoms with Gasteiger partial charge in [-0.1, -0.05) is 46.8 Å². The number of halogens is 2. The minimum atomic E-state index is -0.117. The van der Waals surface area contributed by atoms with Crippen LogP contribution in [0.25, 0.3) is 0 Å². The average molecular weight is 377 g/mol. The Morgan fingerprint density at radius 3 is 2.70 bits per heavy atom. The summed E-state index contributed by atoms with van der Waals surface area (Å²) in [5, 5.41) is 4.52. The summed E-state index contributed by atoms with van der Waals surface area (Å²) < 4.78 is 0. The fourth-order valence-corrected chi connectivity index (χ4v) is 3.98. The van der Waals surface area contributed by atoms with Crippen molar-refractivity contribution in [3.8, 4) is 0 Å². The molecular formula is C15H19BrClNOS. The van der Waals surface area contributed by atoms with Crippen molar-refractivity contribution in [1.82, 2.24) is 5.32 Å². The summed E-state index contributed by atoms with van der Waals surface area (Å²) >= 11 is 11.3. The summed E-state index contributed by atoms with van der Waals surface area (Å²) in [4.78, 5) is 13.6. The van der Waals surface area contributed by atoms with Gasteiger partial charge in [0.2, 0.25) is 0 Å². The van der Waals surface area contributed by atoms with E-state index in [1.165, 1.54) is 19.3 Å². The normalized spacial score (nSPS) is 17.8. The molecule has 0 spiro atoms. The number of thioether (sulfide) groups is 1. The van der Waals surface area contributed by atoms with Gasteiger partial charge in [0.1, 0.15) is 0 Å². The van der Waals surface area contributed by atoms with Crippen LogP contribution in [0.15, 0.2) is 23.1 Å². The Morgan fingerprint density at radius 2 is 2.10 bits per heavy atom. The Labute approximate surface area is 138 Å². The van der Waals surface area contributed by atoms with Crippen LogP contribution in [0.1, 0.15) is 42.5 Å². The third-order valence-electron chi connectivity index (χ3n) is 3.86. The Morgan fingerprint density at radius 1 is 1.40 bits per heavy atom. The second kappa shape index (κ2) is 7.19. The van der Waals surface area contributed by atoms with Crippen LogP contribution in [0.2, 0.25) is 5.02 Å². The van der Waals surface area contributed by atoms with E-state index in [0.717, 1.165) is 23.1 Å². The lowest BCUT2D eigenvalue weighted by atomic mass is 9.83. The van der Waals surface area contributed by atoms with Crippen LogP contribution in [0.5, 0.6) is 0 Å². The van der Waals surface area contributed by atoms with Gasteiger partial charge in [0.15, 0.2) is 0 Å². The first kappa shape index (κ1) is 16.2. The molecule has 0 atom stereocenters. The molecule has 1 N–H and O–H groups in total. The van der Waals surface area contributed by atoms with E-state index in [-0.39, 0.29) is 11.4 Å². The lowest BCUT2D eigenvalue weighted by Gasteiger charge is -2.36. The molecule has 0 bridgehead atoms. The third kappa shape index (κ3) is 3.71. The number of amides is 1. The van der Waals surface area contributed by atoms with Crippen molar-refractivity contribution < 1.29 is 4.79 Å². The Kier molecular flexibility index (Phi) is 5.82. The fraction of sp³-hybridized carbons (Fsp3) is 0.533. The standard InChI is InChI=1S/C15H19BrClNOS/c1-20-11-5-6-13(17)12(9-11)14(19)18-15(10-16)7-3-2-4-8-15/h5-6,9H,2-4,7-8,10H2,1H3,(H,18,19). The van der Waals surface area contributed by atoms with E-state index >= 15 is 0 Å². The molecule has 1 aromatic carbocycles. The van der Waals surface area contributed by atoms with E-state index in [1.54, 1.807) is 17.8 Å². The number of alkyl halides is 1. The van der Waals surface area contributed by atoms with E-state index in [2.05, 4.69) is 21.2 Å². The largest absolute Gasteiger partial charge is 0.346 e. The summed E-state index contributed by atoms with van der Waals surface area (Å²) in [6.07, 6.45) is 7.65. The molecule has 1 aliphatic carbocycles. The predicted octanol–water partition coefficient (Wildman–Crippen LogP) is 4.89. The number of hydrogen-bond donors (Lipinski definition) is 1. The summed E-state index contributed by atoms with van der Waals surface area (Å²) in [6, 6.07) is 5.60. The van der Waals surface area contributed by atoms with Crippen molar-refractivity contribution in [1.29, 1.82) is 0 Å². The van der Waals surface area contributed by atoms with Crippen LogP contribution in [0, 0.1) is 0 Å². The number of carbonyl (C=O) groups excluding carboxylic acids is 1. The predicted molar refractivity (Wildman–Crippen MR) is 90.3 cm³/mol. The molecule has 110 valence electrons. The lowest BCUT2D eigenvalue weighted by molar-refractivity contribution is 0.0886. The fourth-order valence-electron chi connectivity index (χ4n) is 2.63. The lowest BCUT2D eigenvalue weighted by Crippen LogP contribution is -2.51. The molecule has 5 heteroatoms. The van der Waals surface area contributed by atoms with Gasteiger partial charge in [-0.3, -0.25) is 4.79 Å². The van der Waals surface area contributed by atoms with E-state index in [4.69, 9.17) is 11.6 Å². The number of hydrogen-bond acceptors (Lipinski definition) is 2. The second-order valence-electron chi connectivity index (χ2n) is 5.27. The first-order chi connectivity index (χ1) is 9.60. The van der Waals surface area contributed by atoms with Crippen molar-refractivity contribution in [2.75, 3.05) is 11.6 Å². The van der Waals surface area contributed by atoms with Gasteiger partial charge in [-0.25, -0.2) is 0 Å². The van der Waals surface area contributed by atoms with Crippen LogP contribution in [-0.4, -0.2) is 23.0 Å². The quantitative estimate of drug-likeness (QED) is 0.599. The molecule has 1 fully saturated rings. The van der Waals surface area contributed by atoms with E-state index < -0.39 is 0 Å². The van der Waals surface area contributed by atoms with E-state index in [0.29, 0.717) is 10.6 Å². The zero-order valence-corrected chi connectivity index (χ0v) is 14.7. The minimum Gasteiger partial charge on any atom is -0.346 e. The Balaban J connectivity index is 2.18. The number of carbonyl (C=O) groups is 1. The summed E-state index contributed by atoms with van der Waals surface area (Å²) in [5.41, 5.74) is 0.456. The molecule has 2 rings (SSSR count). The maximum atomic E-state index is 12.5. The van der Waals surface area contributed by atoms with Gasteiger partial charge in [-0.05, 0) is 37.3 Å². The van der Waals surface area contributed by atoms with Crippen LogP contribution in [-0.2, 0) is 0 Å². The topological polar surface area (TPSA) is 29.1 Å². The first-order valence-corrected chi connectivity index (χ1v) is 9.55. The summed E-state index contributed by atoms with van der Waals surface area (Å²) in [5.74, 6) is -0.0627. The van der Waals surface area contributed by atoms with Crippen molar-refractivity contribution >= 4 is 45.2 Å². The second-order valence-corrected chi connectivity index (χ2v) is 7.12. The molecule has 1 amide bonds. The highest BCUT2D eigenvalue weighted by Gasteiger charge is 2.33. The molecule has 0 aromatic heterocycles. The van der Waals surface area contributed by atoms with Crippen LogP contribution in [0.3, 0.4) is 0 Å². The van der Waals surface area contributed by atoms with Gasteiger partial charge in [-0.15, -0.1) is 11.8 Å². The highest BCUT2D eigenvalue weighted by molar-refractivity contribution is 9.09. The van der Waals surface area contributed by atoms with Crippen molar-refractivity contribution in [3.05, 3.63) is 28.8 Å². The van der Waals surface area contributed by atoms with Gasteiger partial charge in [0, 0.05) is 10.2 Å². The van der Waals surface area contributed by atoms with Crippen molar-refractivity contribution in [3.63, 3.8) is 0 Å². The smallest absolute Gasteiger partial charge is 0.253 e. The van der Waals surface area contributed by atoms with Crippen LogP contribution < -0.4 is 5.32 Å². The number of rotatable bonds is 4. The highest BCUT2D eigenvalue weighted by atomic mass is 79.9. The van der Waals surface area contributed by atoms with Gasteiger partial charge in [-0.2, -0.15) is 0 Å². The zero-order valence-electron chi connectivity index (χ0n) is 11.5. The molecule has 2 nitrogen and oxygen atoms in total. The van der Waals surface area contributed by atoms with Crippen LogP contribution >= 0.6 is 39.3 Å². The molecule has 20 heavy (non-hydrogen) atoms. The van der Waals surface area contributed by atoms with Gasteiger partial charge in [0.05, 0.1) is 16.1 Å². The van der Waals surface area contributed by atoms with Gasteiger partial charge >= 0.3 is 0 Å². The van der Waals surface area contributed by atoms with Crippen molar-refractivity contribution in [2.45, 2.75) is 42.5 Å². The highest BCUT2D eigenvalue weighted by Crippen LogP contribution is 2.31. The maximum absolute atomic E-state index is 12.5. The Bertz CT molecular complexity index is 489. The number of benzene rings is 1. The monoisotopic (exact) mass is 375 g/mol. The van der Waals surface area contributed by atoms with E-state index in [9.17, 15) is 4.79 Å². The molecule has 0 saturated heterocycles. The molecule has 0 unspecified atom stereocenters. The maximum Gasteiger partial charge on any atom is 0.253 e. The minimum absolute atomic E-state index is 0.0627. The molecule has 1 aliphatic rings. The number of nitrogens with one attached hydrogen (secondary N) is 1. The molecule has 0 aliphatic heterocycles.